The molecule has 0 aliphatic heterocycles. The van der Waals surface area contributed by atoms with Gasteiger partial charge in [0.2, 0.25) is 0 Å². The van der Waals surface area contributed by atoms with Crippen molar-refractivity contribution >= 4 is 5.97 Å². The quantitative estimate of drug-likeness (QED) is 0.113. The second-order valence-electron chi connectivity index (χ2n) is 8.17. The van der Waals surface area contributed by atoms with Gasteiger partial charge in [0.05, 0.1) is 0 Å². The molecule has 160 valence electrons. The van der Waals surface area contributed by atoms with Gasteiger partial charge in [0.15, 0.2) is 0 Å². The third-order valence-corrected chi connectivity index (χ3v) is 5.30. The van der Waals surface area contributed by atoms with Crippen LogP contribution in [0.3, 0.4) is 0 Å². The highest BCUT2D eigenvalue weighted by atomic mass is 16.5. The largest absolute Gasteiger partial charge is 0.432 e. The Hall–Kier alpha value is -0.790. The van der Waals surface area contributed by atoms with Gasteiger partial charge >= 0.3 is 5.97 Å². The van der Waals surface area contributed by atoms with E-state index >= 15 is 0 Å². The minimum atomic E-state index is -0.0851. The highest BCUT2D eigenvalue weighted by Gasteiger charge is 2.05. The number of hydrogen-bond donors (Lipinski definition) is 0. The zero-order valence-corrected chi connectivity index (χ0v) is 18.7. The summed E-state index contributed by atoms with van der Waals surface area (Å²) >= 11 is 0. The monoisotopic (exact) mass is 380 g/mol. The van der Waals surface area contributed by atoms with E-state index in [0.29, 0.717) is 12.2 Å². The van der Waals surface area contributed by atoms with Crippen molar-refractivity contribution in [3.8, 4) is 0 Å². The summed E-state index contributed by atoms with van der Waals surface area (Å²) in [7, 11) is 0. The van der Waals surface area contributed by atoms with Crippen LogP contribution >= 0.6 is 0 Å². The summed E-state index contributed by atoms with van der Waals surface area (Å²) in [5.74, 6) is 0.576. The average molecular weight is 381 g/mol. The van der Waals surface area contributed by atoms with E-state index in [4.69, 9.17) is 4.74 Å². The molecule has 0 fully saturated rings. The molecule has 2 nitrogen and oxygen atoms in total. The fourth-order valence-electron chi connectivity index (χ4n) is 3.48. The first-order chi connectivity index (χ1) is 13.2. The molecule has 0 unspecified atom stereocenters. The first-order valence-electron chi connectivity index (χ1n) is 12.1. The van der Waals surface area contributed by atoms with Crippen LogP contribution in [0.15, 0.2) is 12.3 Å². The zero-order chi connectivity index (χ0) is 20.0. The Labute approximate surface area is 170 Å². The van der Waals surface area contributed by atoms with Crippen LogP contribution in [0.4, 0.5) is 0 Å². The van der Waals surface area contributed by atoms with E-state index in [0.717, 1.165) is 25.7 Å². The number of rotatable bonds is 21. The fraction of sp³-hybridized carbons (Fsp3) is 0.880. The van der Waals surface area contributed by atoms with Crippen molar-refractivity contribution in [2.75, 3.05) is 0 Å². The Balaban J connectivity index is 3.30. The van der Waals surface area contributed by atoms with Gasteiger partial charge in [-0.1, -0.05) is 123 Å². The van der Waals surface area contributed by atoms with Crippen molar-refractivity contribution in [2.24, 2.45) is 0 Å². The Morgan fingerprint density at radius 3 is 1.30 bits per heavy atom. The van der Waals surface area contributed by atoms with Crippen molar-refractivity contribution in [1.29, 1.82) is 0 Å². The molecule has 0 aliphatic carbocycles. The van der Waals surface area contributed by atoms with Gasteiger partial charge in [0.25, 0.3) is 0 Å². The van der Waals surface area contributed by atoms with Gasteiger partial charge in [0.1, 0.15) is 5.76 Å². The molecule has 0 saturated carbocycles. The van der Waals surface area contributed by atoms with Crippen LogP contribution in [-0.4, -0.2) is 5.97 Å². The standard InChI is InChI=1S/C25H48O2/c1-4-6-8-10-12-13-14-15-16-17-19-21-23-25(26)27-24(3)22-20-18-11-9-7-5-2/h3-23H2,1-2H3. The predicted molar refractivity (Wildman–Crippen MR) is 119 cm³/mol. The topological polar surface area (TPSA) is 26.3 Å². The van der Waals surface area contributed by atoms with Crippen LogP contribution in [0.2, 0.25) is 0 Å². The lowest BCUT2D eigenvalue weighted by molar-refractivity contribution is -0.139. The minimum absolute atomic E-state index is 0.0851. The number of carbonyl (C=O) groups excluding carboxylic acids is 1. The maximum Gasteiger partial charge on any atom is 0.310 e. The summed E-state index contributed by atoms with van der Waals surface area (Å²) in [5.41, 5.74) is 0. The molecule has 0 aromatic carbocycles. The van der Waals surface area contributed by atoms with Crippen molar-refractivity contribution < 1.29 is 9.53 Å². The average Bonchev–Trinajstić information content (AvgIpc) is 2.65. The molecule has 0 atom stereocenters. The molecule has 0 aliphatic rings. The molecule has 27 heavy (non-hydrogen) atoms. The van der Waals surface area contributed by atoms with Crippen LogP contribution < -0.4 is 0 Å². The fourth-order valence-corrected chi connectivity index (χ4v) is 3.48. The molecule has 0 spiro atoms. The van der Waals surface area contributed by atoms with Gasteiger partial charge < -0.3 is 4.74 Å². The number of esters is 1. The van der Waals surface area contributed by atoms with Crippen molar-refractivity contribution in [3.05, 3.63) is 12.3 Å². The zero-order valence-electron chi connectivity index (χ0n) is 18.7. The molecule has 0 radical (unpaired) electrons. The lowest BCUT2D eigenvalue weighted by Crippen LogP contribution is -2.03. The van der Waals surface area contributed by atoms with E-state index in [9.17, 15) is 4.79 Å². The molecule has 0 aromatic rings. The summed E-state index contributed by atoms with van der Waals surface area (Å²) in [6.07, 6.45) is 24.7. The van der Waals surface area contributed by atoms with Gasteiger partial charge in [-0.05, 0) is 12.8 Å². The van der Waals surface area contributed by atoms with Gasteiger partial charge in [-0.25, -0.2) is 0 Å². The van der Waals surface area contributed by atoms with Gasteiger partial charge in [0, 0.05) is 12.8 Å². The van der Waals surface area contributed by atoms with Gasteiger partial charge in [-0.15, -0.1) is 0 Å². The molecule has 0 saturated heterocycles. The predicted octanol–water partition coefficient (Wildman–Crippen LogP) is 8.89. The molecular weight excluding hydrogens is 332 g/mol. The summed E-state index contributed by atoms with van der Waals surface area (Å²) < 4.78 is 5.34. The first kappa shape index (κ1) is 26.2. The number of allylic oxidation sites excluding steroid dienone is 1. The second-order valence-corrected chi connectivity index (χ2v) is 8.17. The minimum Gasteiger partial charge on any atom is -0.432 e. The van der Waals surface area contributed by atoms with E-state index < -0.39 is 0 Å². The van der Waals surface area contributed by atoms with E-state index in [-0.39, 0.29) is 5.97 Å². The Morgan fingerprint density at radius 1 is 0.556 bits per heavy atom. The number of unbranched alkanes of at least 4 members (excludes halogenated alkanes) is 16. The Morgan fingerprint density at radius 2 is 0.889 bits per heavy atom. The lowest BCUT2D eigenvalue weighted by Gasteiger charge is -2.07. The number of carbonyl (C=O) groups is 1. The maximum atomic E-state index is 11.8. The van der Waals surface area contributed by atoms with E-state index in [1.54, 1.807) is 0 Å². The van der Waals surface area contributed by atoms with Crippen molar-refractivity contribution in [2.45, 2.75) is 142 Å². The maximum absolute atomic E-state index is 11.8. The SMILES string of the molecule is C=C(CCCCCCCC)OC(=O)CCCCCCCCCCCCCC. The molecule has 0 N–H and O–H groups in total. The molecule has 0 amide bonds. The van der Waals surface area contributed by atoms with Crippen LogP contribution in [-0.2, 0) is 9.53 Å². The molecular formula is C25H48O2. The first-order valence-corrected chi connectivity index (χ1v) is 12.1. The summed E-state index contributed by atoms with van der Waals surface area (Å²) in [6.45, 7) is 8.40. The van der Waals surface area contributed by atoms with E-state index in [2.05, 4.69) is 20.4 Å². The number of ether oxygens (including phenoxy) is 1. The van der Waals surface area contributed by atoms with Crippen molar-refractivity contribution in [3.63, 3.8) is 0 Å². The van der Waals surface area contributed by atoms with Crippen LogP contribution in [0.1, 0.15) is 142 Å². The van der Waals surface area contributed by atoms with Crippen LogP contribution in [0, 0.1) is 0 Å². The summed E-state index contributed by atoms with van der Waals surface area (Å²) in [5, 5.41) is 0. The molecule has 0 bridgehead atoms. The Bertz CT molecular complexity index is 335. The van der Waals surface area contributed by atoms with Gasteiger partial charge in [-0.3, -0.25) is 4.79 Å². The van der Waals surface area contributed by atoms with Gasteiger partial charge in [-0.2, -0.15) is 0 Å². The molecule has 2 heteroatoms. The van der Waals surface area contributed by atoms with E-state index in [1.165, 1.54) is 96.3 Å². The number of hydrogen-bond acceptors (Lipinski definition) is 2. The van der Waals surface area contributed by atoms with E-state index in [1.807, 2.05) is 0 Å². The molecule has 0 aromatic heterocycles. The highest BCUT2D eigenvalue weighted by molar-refractivity contribution is 5.70. The summed E-state index contributed by atoms with van der Waals surface area (Å²) in [6, 6.07) is 0. The smallest absolute Gasteiger partial charge is 0.310 e. The van der Waals surface area contributed by atoms with Crippen LogP contribution in [0.25, 0.3) is 0 Å². The third-order valence-electron chi connectivity index (χ3n) is 5.30. The molecule has 0 heterocycles. The summed E-state index contributed by atoms with van der Waals surface area (Å²) in [4.78, 5) is 11.8. The Kier molecular flexibility index (Phi) is 20.9. The lowest BCUT2D eigenvalue weighted by atomic mass is 10.0. The third kappa shape index (κ3) is 21.4. The highest BCUT2D eigenvalue weighted by Crippen LogP contribution is 2.15. The van der Waals surface area contributed by atoms with Crippen LogP contribution in [0.5, 0.6) is 0 Å². The van der Waals surface area contributed by atoms with Crippen molar-refractivity contribution in [1.82, 2.24) is 0 Å². The second kappa shape index (κ2) is 21.5. The normalized spacial score (nSPS) is 10.9. The molecule has 0 rings (SSSR count).